The Kier molecular flexibility index (Phi) is 5.93. The summed E-state index contributed by atoms with van der Waals surface area (Å²) < 4.78 is 5.75. The van der Waals surface area contributed by atoms with E-state index in [-0.39, 0.29) is 24.1 Å². The van der Waals surface area contributed by atoms with Gasteiger partial charge in [-0.1, -0.05) is 29.8 Å². The molecule has 0 bridgehead atoms. The van der Waals surface area contributed by atoms with Gasteiger partial charge in [-0.15, -0.1) is 0 Å². The summed E-state index contributed by atoms with van der Waals surface area (Å²) in [5.74, 6) is -0.160. The average Bonchev–Trinajstić information content (AvgIpc) is 3.24. The van der Waals surface area contributed by atoms with Gasteiger partial charge in [0.15, 0.2) is 0 Å². The Morgan fingerprint density at radius 3 is 2.80 bits per heavy atom. The number of carbonyl (C=O) groups is 1. The first-order valence-electron chi connectivity index (χ1n) is 10.2. The lowest BCUT2D eigenvalue weighted by molar-refractivity contribution is 0.0506. The van der Waals surface area contributed by atoms with Crippen LogP contribution in [0, 0.1) is 13.8 Å². The van der Waals surface area contributed by atoms with Crippen LogP contribution in [-0.4, -0.2) is 35.0 Å². The molecule has 5 nitrogen and oxygen atoms in total. The van der Waals surface area contributed by atoms with Gasteiger partial charge in [0.05, 0.1) is 18.2 Å². The molecule has 0 saturated carbocycles. The number of hydrogen-bond donors (Lipinski definition) is 1. The zero-order valence-corrected chi connectivity index (χ0v) is 18.0. The number of nitrogens with zero attached hydrogens (tertiary/aromatic N) is 1. The summed E-state index contributed by atoms with van der Waals surface area (Å²) in [7, 11) is 0. The molecule has 3 aromatic rings. The molecule has 1 aromatic heterocycles. The summed E-state index contributed by atoms with van der Waals surface area (Å²) in [6, 6.07) is 12.8. The zero-order valence-electron chi connectivity index (χ0n) is 17.2. The number of fused-ring (bicyclic) bond motifs is 1. The molecule has 0 radical (unpaired) electrons. The maximum atomic E-state index is 13.3. The number of H-pyrrole nitrogens is 1. The van der Waals surface area contributed by atoms with Crippen molar-refractivity contribution in [1.82, 2.24) is 9.88 Å². The molecule has 2 heterocycles. The summed E-state index contributed by atoms with van der Waals surface area (Å²) in [4.78, 5) is 30.8. The minimum atomic E-state index is -0.174. The fourth-order valence-electron chi connectivity index (χ4n) is 3.95. The van der Waals surface area contributed by atoms with E-state index in [0.29, 0.717) is 29.3 Å². The van der Waals surface area contributed by atoms with Crippen molar-refractivity contribution in [3.05, 3.63) is 80.1 Å². The SMILES string of the molecule is Cc1ccc2cc(CN(C[C@@H]3CCCO3)C(=O)c3cccc(Cl)c3)c(=O)[nH]c2c1C. The number of benzene rings is 2. The van der Waals surface area contributed by atoms with E-state index in [0.717, 1.165) is 34.9 Å². The Morgan fingerprint density at radius 2 is 2.07 bits per heavy atom. The Labute approximate surface area is 180 Å². The minimum absolute atomic E-state index is 0.0161. The molecule has 2 aromatic carbocycles. The van der Waals surface area contributed by atoms with Crippen LogP contribution in [0.25, 0.3) is 10.9 Å². The maximum Gasteiger partial charge on any atom is 0.254 e. The fourth-order valence-corrected chi connectivity index (χ4v) is 4.14. The first-order chi connectivity index (χ1) is 14.4. The van der Waals surface area contributed by atoms with E-state index in [1.807, 2.05) is 32.0 Å². The van der Waals surface area contributed by atoms with Crippen molar-refractivity contribution in [2.24, 2.45) is 0 Å². The Hall–Kier alpha value is -2.63. The second-order valence-electron chi connectivity index (χ2n) is 7.93. The van der Waals surface area contributed by atoms with Crippen LogP contribution < -0.4 is 5.56 Å². The maximum absolute atomic E-state index is 13.3. The van der Waals surface area contributed by atoms with Crippen LogP contribution in [0.2, 0.25) is 5.02 Å². The topological polar surface area (TPSA) is 62.4 Å². The number of aromatic nitrogens is 1. The number of pyridine rings is 1. The van der Waals surface area contributed by atoms with E-state index in [2.05, 4.69) is 4.98 Å². The number of hydrogen-bond acceptors (Lipinski definition) is 3. The van der Waals surface area contributed by atoms with E-state index >= 15 is 0 Å². The summed E-state index contributed by atoms with van der Waals surface area (Å²) >= 11 is 6.09. The van der Waals surface area contributed by atoms with Crippen LogP contribution in [0.15, 0.2) is 47.3 Å². The van der Waals surface area contributed by atoms with Crippen LogP contribution in [0.1, 0.15) is 39.9 Å². The summed E-state index contributed by atoms with van der Waals surface area (Å²) in [6.07, 6.45) is 1.88. The number of carbonyl (C=O) groups excluding carboxylic acids is 1. The lowest BCUT2D eigenvalue weighted by Gasteiger charge is -2.25. The third-order valence-electron chi connectivity index (χ3n) is 5.80. The fraction of sp³-hybridized carbons (Fsp3) is 0.333. The standard InChI is InChI=1S/C24H25ClN2O3/c1-15-8-9-17-11-19(23(28)26-22(17)16(15)2)13-27(14-21-7-4-10-30-21)24(29)18-5-3-6-20(25)12-18/h3,5-6,8-9,11-12,21H,4,7,10,13-14H2,1-2H3,(H,26,28)/t21-/m0/s1. The van der Waals surface area contributed by atoms with Crippen molar-refractivity contribution in [2.45, 2.75) is 39.3 Å². The lowest BCUT2D eigenvalue weighted by atomic mass is 10.0. The lowest BCUT2D eigenvalue weighted by Crippen LogP contribution is -2.38. The molecule has 156 valence electrons. The van der Waals surface area contributed by atoms with Gasteiger partial charge in [-0.25, -0.2) is 0 Å². The van der Waals surface area contributed by atoms with Gasteiger partial charge in [-0.05, 0) is 67.5 Å². The number of aryl methyl sites for hydroxylation is 2. The number of aromatic amines is 1. The smallest absolute Gasteiger partial charge is 0.254 e. The highest BCUT2D eigenvalue weighted by molar-refractivity contribution is 6.30. The normalized spacial score (nSPS) is 16.2. The van der Waals surface area contributed by atoms with Crippen LogP contribution in [0.5, 0.6) is 0 Å². The van der Waals surface area contributed by atoms with Crippen molar-refractivity contribution in [3.63, 3.8) is 0 Å². The van der Waals surface area contributed by atoms with Gasteiger partial charge in [0.1, 0.15) is 0 Å². The largest absolute Gasteiger partial charge is 0.376 e. The molecule has 1 N–H and O–H groups in total. The van der Waals surface area contributed by atoms with E-state index in [1.54, 1.807) is 29.2 Å². The zero-order chi connectivity index (χ0) is 21.3. The highest BCUT2D eigenvalue weighted by Crippen LogP contribution is 2.21. The molecular formula is C24H25ClN2O3. The molecule has 1 atom stereocenters. The summed E-state index contributed by atoms with van der Waals surface area (Å²) in [5.41, 5.74) is 3.91. The number of nitrogens with one attached hydrogen (secondary N) is 1. The van der Waals surface area contributed by atoms with Gasteiger partial charge >= 0.3 is 0 Å². The molecule has 0 aliphatic carbocycles. The van der Waals surface area contributed by atoms with Crippen LogP contribution in [-0.2, 0) is 11.3 Å². The van der Waals surface area contributed by atoms with Crippen LogP contribution in [0.4, 0.5) is 0 Å². The first-order valence-corrected chi connectivity index (χ1v) is 10.6. The molecule has 6 heteroatoms. The molecule has 1 amide bonds. The van der Waals surface area contributed by atoms with Crippen LogP contribution >= 0.6 is 11.6 Å². The number of rotatable bonds is 5. The van der Waals surface area contributed by atoms with E-state index < -0.39 is 0 Å². The molecule has 0 spiro atoms. The van der Waals surface area contributed by atoms with E-state index in [9.17, 15) is 9.59 Å². The monoisotopic (exact) mass is 424 g/mol. The average molecular weight is 425 g/mol. The van der Waals surface area contributed by atoms with Gasteiger partial charge in [-0.3, -0.25) is 9.59 Å². The van der Waals surface area contributed by atoms with Gasteiger partial charge in [-0.2, -0.15) is 0 Å². The summed E-state index contributed by atoms with van der Waals surface area (Å²) in [6.45, 7) is 5.38. The third-order valence-corrected chi connectivity index (χ3v) is 6.03. The highest BCUT2D eigenvalue weighted by atomic mass is 35.5. The quantitative estimate of drug-likeness (QED) is 0.650. The molecular weight excluding hydrogens is 400 g/mol. The molecule has 1 aliphatic rings. The minimum Gasteiger partial charge on any atom is -0.376 e. The third kappa shape index (κ3) is 4.27. The Morgan fingerprint density at radius 1 is 1.23 bits per heavy atom. The van der Waals surface area contributed by atoms with Gasteiger partial charge in [0.25, 0.3) is 11.5 Å². The molecule has 1 saturated heterocycles. The second kappa shape index (κ2) is 8.62. The van der Waals surface area contributed by atoms with Gasteiger partial charge in [0.2, 0.25) is 0 Å². The predicted octanol–water partition coefficient (Wildman–Crippen LogP) is 4.62. The van der Waals surface area contributed by atoms with Crippen molar-refractivity contribution in [2.75, 3.05) is 13.2 Å². The first kappa shape index (κ1) is 20.6. The van der Waals surface area contributed by atoms with Gasteiger partial charge < -0.3 is 14.6 Å². The highest BCUT2D eigenvalue weighted by Gasteiger charge is 2.24. The molecule has 1 aliphatic heterocycles. The Bertz CT molecular complexity index is 1150. The number of halogens is 1. The molecule has 1 fully saturated rings. The predicted molar refractivity (Wildman–Crippen MR) is 119 cm³/mol. The van der Waals surface area contributed by atoms with Gasteiger partial charge in [0, 0.05) is 29.3 Å². The Balaban J connectivity index is 1.69. The van der Waals surface area contributed by atoms with Crippen molar-refractivity contribution >= 4 is 28.4 Å². The van der Waals surface area contributed by atoms with Crippen molar-refractivity contribution < 1.29 is 9.53 Å². The molecule has 4 rings (SSSR count). The van der Waals surface area contributed by atoms with Crippen LogP contribution in [0.3, 0.4) is 0 Å². The number of ether oxygens (including phenoxy) is 1. The molecule has 0 unspecified atom stereocenters. The summed E-state index contributed by atoms with van der Waals surface area (Å²) in [5, 5.41) is 1.47. The van der Waals surface area contributed by atoms with Crippen molar-refractivity contribution in [1.29, 1.82) is 0 Å². The molecule has 30 heavy (non-hydrogen) atoms. The second-order valence-corrected chi connectivity index (χ2v) is 8.36. The number of amides is 1. The van der Waals surface area contributed by atoms with E-state index in [1.165, 1.54) is 0 Å². The van der Waals surface area contributed by atoms with Crippen molar-refractivity contribution in [3.8, 4) is 0 Å². The van der Waals surface area contributed by atoms with E-state index in [4.69, 9.17) is 16.3 Å².